The van der Waals surface area contributed by atoms with E-state index in [9.17, 15) is 29.1 Å². The molecular formula is C28H33N5O7S. The van der Waals surface area contributed by atoms with E-state index < -0.39 is 64.1 Å². The Kier molecular flexibility index (Phi) is 8.47. The van der Waals surface area contributed by atoms with Crippen molar-refractivity contribution >= 4 is 47.2 Å². The van der Waals surface area contributed by atoms with Crippen molar-refractivity contribution in [3.8, 4) is 0 Å². The number of nitrogen functional groups attached to an aromatic ring is 1. The van der Waals surface area contributed by atoms with E-state index in [0.29, 0.717) is 11.3 Å². The lowest BCUT2D eigenvalue weighted by Crippen LogP contribution is -2.71. The van der Waals surface area contributed by atoms with Crippen LogP contribution >= 0.6 is 11.8 Å². The smallest absolute Gasteiger partial charge is 0.410 e. The first-order chi connectivity index (χ1) is 19.3. The molecule has 0 spiro atoms. The predicted molar refractivity (Wildman–Crippen MR) is 151 cm³/mol. The number of nitrogens with one attached hydrogen (secondary N) is 2. The van der Waals surface area contributed by atoms with Crippen molar-refractivity contribution in [2.24, 2.45) is 0 Å². The number of rotatable bonds is 9. The Morgan fingerprint density at radius 2 is 1.80 bits per heavy atom. The number of likely N-dealkylation sites (N-methyl/N-ethyl adjacent to an activating group) is 1. The number of β-lactam (4-membered cyclic amide) rings is 1. The van der Waals surface area contributed by atoms with Crippen molar-refractivity contribution in [1.29, 1.82) is 0 Å². The second-order valence-electron chi connectivity index (χ2n) is 10.5. The zero-order chi connectivity index (χ0) is 30.1. The fourth-order valence-electron chi connectivity index (χ4n) is 4.84. The van der Waals surface area contributed by atoms with Crippen LogP contribution in [0.15, 0.2) is 54.6 Å². The first kappa shape index (κ1) is 29.7. The highest BCUT2D eigenvalue weighted by molar-refractivity contribution is 8.01. The number of carboxylic acid groups (broad SMARTS) is 1. The molecule has 4 rings (SSSR count). The molecule has 2 fully saturated rings. The van der Waals surface area contributed by atoms with E-state index >= 15 is 0 Å². The van der Waals surface area contributed by atoms with Gasteiger partial charge in [0, 0.05) is 17.5 Å². The number of fused-ring (bicyclic) bond motifs is 1. The average Bonchev–Trinajstić information content (AvgIpc) is 3.20. The van der Waals surface area contributed by atoms with Gasteiger partial charge >= 0.3 is 12.1 Å². The van der Waals surface area contributed by atoms with Gasteiger partial charge in [-0.1, -0.05) is 42.5 Å². The monoisotopic (exact) mass is 583 g/mol. The van der Waals surface area contributed by atoms with Crippen molar-refractivity contribution in [2.75, 3.05) is 12.8 Å². The van der Waals surface area contributed by atoms with Crippen LogP contribution in [0, 0.1) is 0 Å². The van der Waals surface area contributed by atoms with Crippen molar-refractivity contribution < 1.29 is 33.8 Å². The number of hydrogen-bond acceptors (Lipinski definition) is 8. The zero-order valence-electron chi connectivity index (χ0n) is 23.1. The molecule has 13 heteroatoms. The summed E-state index contributed by atoms with van der Waals surface area (Å²) in [6.07, 6.45) is -0.726. The van der Waals surface area contributed by atoms with Gasteiger partial charge in [-0.05, 0) is 44.0 Å². The van der Waals surface area contributed by atoms with Crippen LogP contribution in [-0.4, -0.2) is 80.0 Å². The second-order valence-corrected chi connectivity index (χ2v) is 12.3. The Hall–Kier alpha value is -4.26. The van der Waals surface area contributed by atoms with Gasteiger partial charge < -0.3 is 31.1 Å². The summed E-state index contributed by atoms with van der Waals surface area (Å²) >= 11 is 1.29. The lowest BCUT2D eigenvalue weighted by molar-refractivity contribution is -0.161. The number of carbonyl (C=O) groups excluding carboxylic acids is 4. The SMILES string of the molecule is C[C@@H](C(=O)NC(C(=O)N[C@@H]1C(=O)N2[C@@H]1SC(C)(C)[C@@H]2C(=O)O)c1cccc(N)c1)N(C)C(=O)OCc1ccccc1. The molecule has 2 saturated heterocycles. The number of aliphatic carboxylic acids is 1. The van der Waals surface area contributed by atoms with Crippen LogP contribution < -0.4 is 16.4 Å². The first-order valence-corrected chi connectivity index (χ1v) is 13.8. The summed E-state index contributed by atoms with van der Waals surface area (Å²) in [5.41, 5.74) is 7.43. The quantitative estimate of drug-likeness (QED) is 0.253. The number of benzene rings is 2. The van der Waals surface area contributed by atoms with Crippen molar-refractivity contribution in [1.82, 2.24) is 20.4 Å². The molecule has 2 aliphatic heterocycles. The van der Waals surface area contributed by atoms with Gasteiger partial charge in [-0.25, -0.2) is 9.59 Å². The maximum atomic E-state index is 13.5. The number of hydrogen-bond donors (Lipinski definition) is 4. The number of carboxylic acids is 1. The highest BCUT2D eigenvalue weighted by Gasteiger charge is 2.64. The molecular weight excluding hydrogens is 550 g/mol. The average molecular weight is 584 g/mol. The maximum Gasteiger partial charge on any atom is 0.410 e. The summed E-state index contributed by atoms with van der Waals surface area (Å²) in [4.78, 5) is 66.5. The molecule has 0 bridgehead atoms. The Morgan fingerprint density at radius 1 is 1.12 bits per heavy atom. The van der Waals surface area contributed by atoms with E-state index in [2.05, 4.69) is 10.6 Å². The highest BCUT2D eigenvalue weighted by Crippen LogP contribution is 2.50. The molecule has 2 aromatic rings. The van der Waals surface area contributed by atoms with E-state index in [1.165, 1.54) is 36.7 Å². The van der Waals surface area contributed by atoms with Gasteiger partial charge in [0.05, 0.1) is 0 Å². The normalized spacial score (nSPS) is 22.0. The largest absolute Gasteiger partial charge is 0.480 e. The highest BCUT2D eigenvalue weighted by atomic mass is 32.2. The van der Waals surface area contributed by atoms with Crippen LogP contribution in [0.5, 0.6) is 0 Å². The van der Waals surface area contributed by atoms with Gasteiger partial charge in [-0.3, -0.25) is 19.3 Å². The van der Waals surface area contributed by atoms with Crippen molar-refractivity contribution in [3.63, 3.8) is 0 Å². The van der Waals surface area contributed by atoms with Crippen LogP contribution in [0.3, 0.4) is 0 Å². The number of ether oxygens (including phenoxy) is 1. The third-order valence-electron chi connectivity index (χ3n) is 7.22. The minimum atomic E-state index is -1.25. The summed E-state index contributed by atoms with van der Waals surface area (Å²) < 4.78 is 4.55. The number of amides is 4. The second kappa shape index (κ2) is 11.7. The molecule has 5 atom stereocenters. The molecule has 218 valence electrons. The Bertz CT molecular complexity index is 1350. The maximum absolute atomic E-state index is 13.5. The molecule has 0 radical (unpaired) electrons. The molecule has 2 aromatic carbocycles. The zero-order valence-corrected chi connectivity index (χ0v) is 23.9. The van der Waals surface area contributed by atoms with Gasteiger partial charge in [0.25, 0.3) is 0 Å². The third-order valence-corrected chi connectivity index (χ3v) is 8.79. The van der Waals surface area contributed by atoms with Gasteiger partial charge in [0.15, 0.2) is 0 Å². The van der Waals surface area contributed by atoms with Gasteiger partial charge in [0.1, 0.15) is 36.1 Å². The third kappa shape index (κ3) is 6.09. The molecule has 0 saturated carbocycles. The van der Waals surface area contributed by atoms with E-state index in [1.807, 2.05) is 18.2 Å². The van der Waals surface area contributed by atoms with Crippen molar-refractivity contribution in [2.45, 2.75) is 61.7 Å². The van der Waals surface area contributed by atoms with Crippen LogP contribution in [0.25, 0.3) is 0 Å². The van der Waals surface area contributed by atoms with Crippen LogP contribution in [0.2, 0.25) is 0 Å². The molecule has 0 aliphatic carbocycles. The van der Waals surface area contributed by atoms with Crippen LogP contribution in [0.4, 0.5) is 10.5 Å². The van der Waals surface area contributed by atoms with E-state index in [0.717, 1.165) is 10.5 Å². The van der Waals surface area contributed by atoms with Crippen molar-refractivity contribution in [3.05, 3.63) is 65.7 Å². The topological polar surface area (TPSA) is 171 Å². The number of anilines is 1. The minimum absolute atomic E-state index is 0.0256. The standard InChI is InChI=1S/C28H33N5O7S/c1-15(32(4)27(39)40-14-16-9-6-5-7-10-16)22(34)30-19(17-11-8-12-18(29)13-17)23(35)31-20-24(36)33-21(26(37)38)28(2,3)41-25(20)33/h5-13,15,19-21,25H,14,29H2,1-4H3,(H,30,34)(H,31,35)(H,37,38)/t15-,19?,20+,21-,25+/m0/s1. The molecule has 2 aliphatic rings. The molecule has 1 unspecified atom stereocenters. The van der Waals surface area contributed by atoms with Gasteiger partial charge in [-0.2, -0.15) is 0 Å². The number of thioether (sulfide) groups is 1. The number of carbonyl (C=O) groups is 5. The molecule has 5 N–H and O–H groups in total. The lowest BCUT2D eigenvalue weighted by atomic mass is 9.95. The molecule has 4 amide bonds. The number of nitrogens with two attached hydrogens (primary N) is 1. The summed E-state index contributed by atoms with van der Waals surface area (Å²) in [6.45, 7) is 4.99. The van der Waals surface area contributed by atoms with E-state index in [4.69, 9.17) is 10.5 Å². The summed E-state index contributed by atoms with van der Waals surface area (Å²) in [6, 6.07) is 11.2. The predicted octanol–water partition coefficient (Wildman–Crippen LogP) is 1.71. The van der Waals surface area contributed by atoms with Gasteiger partial charge in [-0.15, -0.1) is 11.8 Å². The Morgan fingerprint density at radius 3 is 2.44 bits per heavy atom. The molecule has 12 nitrogen and oxygen atoms in total. The first-order valence-electron chi connectivity index (χ1n) is 12.9. The summed E-state index contributed by atoms with van der Waals surface area (Å²) in [5, 5.41) is 14.4. The molecule has 41 heavy (non-hydrogen) atoms. The van der Waals surface area contributed by atoms with Crippen LogP contribution in [0.1, 0.15) is 37.9 Å². The van der Waals surface area contributed by atoms with E-state index in [-0.39, 0.29) is 6.61 Å². The number of nitrogens with zero attached hydrogens (tertiary/aromatic N) is 2. The van der Waals surface area contributed by atoms with Gasteiger partial charge in [0.2, 0.25) is 17.7 Å². The minimum Gasteiger partial charge on any atom is -0.480 e. The lowest BCUT2D eigenvalue weighted by Gasteiger charge is -2.44. The molecule has 2 heterocycles. The van der Waals surface area contributed by atoms with E-state index in [1.54, 1.807) is 44.2 Å². The Balaban J connectivity index is 1.46. The summed E-state index contributed by atoms with van der Waals surface area (Å²) in [5.74, 6) is -2.95. The fraction of sp³-hybridized carbons (Fsp3) is 0.393. The fourth-order valence-corrected chi connectivity index (χ4v) is 6.46. The summed E-state index contributed by atoms with van der Waals surface area (Å²) in [7, 11) is 1.41. The van der Waals surface area contributed by atoms with Crippen LogP contribution in [-0.2, 0) is 30.5 Å². The molecule has 0 aromatic heterocycles. The Labute approximate surface area is 241 Å².